The number of benzene rings is 1. The molecule has 6 heteroatoms. The zero-order valence-electron chi connectivity index (χ0n) is 14.8. The van der Waals surface area contributed by atoms with Gasteiger partial charge in [0.1, 0.15) is 13.1 Å². The van der Waals surface area contributed by atoms with Gasteiger partial charge in [-0.05, 0) is 18.4 Å². The molecule has 0 spiro atoms. The van der Waals surface area contributed by atoms with Crippen molar-refractivity contribution < 1.29 is 24.7 Å². The topological polar surface area (TPSA) is 86.8 Å². The van der Waals surface area contributed by atoms with Crippen molar-refractivity contribution >= 4 is 11.8 Å². The summed E-state index contributed by atoms with van der Waals surface area (Å²) in [6, 6.07) is 8.06. The highest BCUT2D eigenvalue weighted by Crippen LogP contribution is 2.40. The molecule has 1 saturated heterocycles. The van der Waals surface area contributed by atoms with Gasteiger partial charge in [0, 0.05) is 26.7 Å². The Bertz CT molecular complexity index is 682. The Hall–Kier alpha value is -1.92. The highest BCUT2D eigenvalue weighted by atomic mass is 16.4. The van der Waals surface area contributed by atoms with Gasteiger partial charge in [-0.1, -0.05) is 30.3 Å². The van der Waals surface area contributed by atoms with E-state index < -0.39 is 17.4 Å². The molecule has 4 rings (SSSR count). The Morgan fingerprint density at radius 1 is 1.20 bits per heavy atom. The maximum absolute atomic E-state index is 10.4. The molecule has 3 heterocycles. The zero-order chi connectivity index (χ0) is 18.2. The van der Waals surface area contributed by atoms with Crippen molar-refractivity contribution in [3.8, 4) is 0 Å². The van der Waals surface area contributed by atoms with Crippen LogP contribution >= 0.6 is 0 Å². The molecule has 1 unspecified atom stereocenters. The predicted octanol–water partition coefficient (Wildman–Crippen LogP) is 0.384. The normalized spacial score (nSPS) is 33.4. The molecular formula is C19H26N2O4. The second kappa shape index (κ2) is 6.42. The maximum Gasteiger partial charge on any atom is 0.254 e. The molecule has 0 radical (unpaired) electrons. The SMILES string of the molecule is C[C@]1(O)CCC2CC[C@@](C)(O)N3CC[N+]1=C23.O=C([O-])c1ccccc1. The summed E-state index contributed by atoms with van der Waals surface area (Å²) in [6.45, 7) is 5.47. The average Bonchev–Trinajstić information content (AvgIpc) is 3.03. The van der Waals surface area contributed by atoms with Crippen molar-refractivity contribution in [3.05, 3.63) is 35.9 Å². The molecule has 3 atom stereocenters. The Balaban J connectivity index is 0.000000173. The van der Waals surface area contributed by atoms with Crippen LogP contribution in [-0.4, -0.2) is 56.0 Å². The van der Waals surface area contributed by atoms with E-state index in [-0.39, 0.29) is 5.56 Å². The van der Waals surface area contributed by atoms with E-state index >= 15 is 0 Å². The van der Waals surface area contributed by atoms with Gasteiger partial charge in [0.2, 0.25) is 11.4 Å². The summed E-state index contributed by atoms with van der Waals surface area (Å²) < 4.78 is 2.11. The van der Waals surface area contributed by atoms with Crippen LogP contribution in [0.15, 0.2) is 30.3 Å². The van der Waals surface area contributed by atoms with Gasteiger partial charge in [-0.2, -0.15) is 0 Å². The third kappa shape index (κ3) is 3.41. The molecule has 0 aliphatic carbocycles. The minimum atomic E-state index is -1.13. The lowest BCUT2D eigenvalue weighted by molar-refractivity contribution is -0.654. The molecule has 2 N–H and O–H groups in total. The molecule has 3 aliphatic rings. The first-order valence-corrected chi connectivity index (χ1v) is 8.86. The number of carbonyl (C=O) groups is 1. The number of piperidine rings is 1. The lowest BCUT2D eigenvalue weighted by Gasteiger charge is -2.41. The molecule has 6 nitrogen and oxygen atoms in total. The Morgan fingerprint density at radius 2 is 1.84 bits per heavy atom. The number of hydrogen-bond donors (Lipinski definition) is 2. The number of aliphatic hydroxyl groups is 2. The molecule has 25 heavy (non-hydrogen) atoms. The van der Waals surface area contributed by atoms with Gasteiger partial charge in [-0.25, -0.2) is 9.48 Å². The van der Waals surface area contributed by atoms with Crippen molar-refractivity contribution in [2.75, 3.05) is 13.1 Å². The fourth-order valence-electron chi connectivity index (χ4n) is 4.13. The van der Waals surface area contributed by atoms with Crippen LogP contribution < -0.4 is 5.11 Å². The number of nitrogens with zero attached hydrogens (tertiary/aromatic N) is 2. The molecule has 136 valence electrons. The van der Waals surface area contributed by atoms with Gasteiger partial charge in [0.15, 0.2) is 0 Å². The van der Waals surface area contributed by atoms with Crippen molar-refractivity contribution in [2.24, 2.45) is 5.92 Å². The average molecular weight is 346 g/mol. The smallest absolute Gasteiger partial charge is 0.254 e. The third-order valence-corrected chi connectivity index (χ3v) is 5.57. The van der Waals surface area contributed by atoms with Gasteiger partial charge >= 0.3 is 0 Å². The van der Waals surface area contributed by atoms with E-state index in [4.69, 9.17) is 0 Å². The Morgan fingerprint density at radius 3 is 2.44 bits per heavy atom. The highest BCUT2D eigenvalue weighted by molar-refractivity contribution is 5.85. The zero-order valence-corrected chi connectivity index (χ0v) is 14.8. The molecular weight excluding hydrogens is 320 g/mol. The van der Waals surface area contributed by atoms with Crippen LogP contribution in [0.1, 0.15) is 49.9 Å². The summed E-state index contributed by atoms with van der Waals surface area (Å²) in [7, 11) is 0. The first-order valence-electron chi connectivity index (χ1n) is 8.86. The van der Waals surface area contributed by atoms with Crippen LogP contribution in [0.2, 0.25) is 0 Å². The monoisotopic (exact) mass is 346 g/mol. The summed E-state index contributed by atoms with van der Waals surface area (Å²) in [5, 5.41) is 30.8. The van der Waals surface area contributed by atoms with Crippen molar-refractivity contribution in [2.45, 2.75) is 51.0 Å². The molecule has 3 aliphatic heterocycles. The Labute approximate surface area is 148 Å². The lowest BCUT2D eigenvalue weighted by atomic mass is 9.83. The lowest BCUT2D eigenvalue weighted by Crippen LogP contribution is -2.58. The fourth-order valence-corrected chi connectivity index (χ4v) is 4.13. The number of rotatable bonds is 1. The maximum atomic E-state index is 10.4. The van der Waals surface area contributed by atoms with Gasteiger partial charge in [-0.15, -0.1) is 0 Å². The summed E-state index contributed by atoms with van der Waals surface area (Å²) in [5.41, 5.74) is -1.21. The summed E-state index contributed by atoms with van der Waals surface area (Å²) in [4.78, 5) is 12.2. The van der Waals surface area contributed by atoms with E-state index in [0.29, 0.717) is 5.92 Å². The fraction of sp³-hybridized carbons (Fsp3) is 0.579. The minimum absolute atomic E-state index is 0.220. The van der Waals surface area contributed by atoms with Crippen LogP contribution in [0.4, 0.5) is 0 Å². The number of aromatic carboxylic acids is 1. The quantitative estimate of drug-likeness (QED) is 0.718. The molecule has 1 fully saturated rings. The summed E-state index contributed by atoms with van der Waals surface area (Å²) in [6.07, 6.45) is 3.78. The largest absolute Gasteiger partial charge is 0.545 e. The van der Waals surface area contributed by atoms with E-state index in [1.807, 2.05) is 13.8 Å². The summed E-state index contributed by atoms with van der Waals surface area (Å²) >= 11 is 0. The first-order chi connectivity index (χ1) is 11.7. The highest BCUT2D eigenvalue weighted by Gasteiger charge is 2.55. The van der Waals surface area contributed by atoms with Crippen molar-refractivity contribution in [1.82, 2.24) is 4.90 Å². The van der Waals surface area contributed by atoms with Crippen LogP contribution in [0.25, 0.3) is 0 Å². The number of carboxylic acids is 1. The van der Waals surface area contributed by atoms with E-state index in [1.165, 1.54) is 18.0 Å². The van der Waals surface area contributed by atoms with Gasteiger partial charge in [0.25, 0.3) is 5.84 Å². The molecule has 0 bridgehead atoms. The minimum Gasteiger partial charge on any atom is -0.545 e. The second-order valence-electron chi connectivity index (χ2n) is 7.52. The third-order valence-electron chi connectivity index (χ3n) is 5.57. The van der Waals surface area contributed by atoms with Crippen molar-refractivity contribution in [3.63, 3.8) is 0 Å². The molecule has 1 aromatic rings. The van der Waals surface area contributed by atoms with Crippen LogP contribution in [0.3, 0.4) is 0 Å². The second-order valence-corrected chi connectivity index (χ2v) is 7.52. The standard InChI is InChI=1S/C12H21N2O2.C7H6O2/c1-11(15)5-3-9-4-6-12(2,16)14-8-7-13(11)10(9)14;8-7(9)6-4-2-1-3-5-6/h9,15-16H,3-8H2,1-2H3;1-5H,(H,8,9)/q+1;/p-1/t9?,11-,12+;. The Kier molecular flexibility index (Phi) is 4.60. The van der Waals surface area contributed by atoms with Gasteiger partial charge in [-0.3, -0.25) is 0 Å². The van der Waals surface area contributed by atoms with E-state index in [1.54, 1.807) is 18.2 Å². The molecule has 1 aromatic carbocycles. The predicted molar refractivity (Wildman–Crippen MR) is 90.8 cm³/mol. The van der Waals surface area contributed by atoms with E-state index in [2.05, 4.69) is 9.48 Å². The van der Waals surface area contributed by atoms with Crippen molar-refractivity contribution in [1.29, 1.82) is 0 Å². The molecule has 0 saturated carbocycles. The molecule has 0 aromatic heterocycles. The summed E-state index contributed by atoms with van der Waals surface area (Å²) in [5.74, 6) is 0.603. The van der Waals surface area contributed by atoms with E-state index in [9.17, 15) is 20.1 Å². The van der Waals surface area contributed by atoms with Gasteiger partial charge in [0.05, 0.1) is 11.9 Å². The van der Waals surface area contributed by atoms with Gasteiger partial charge < -0.3 is 20.1 Å². The van der Waals surface area contributed by atoms with Crippen LogP contribution in [0.5, 0.6) is 0 Å². The number of carboxylic acid groups (broad SMARTS) is 1. The number of hydrogen-bond acceptors (Lipinski definition) is 5. The molecule has 0 amide bonds. The van der Waals surface area contributed by atoms with Crippen LogP contribution in [-0.2, 0) is 0 Å². The van der Waals surface area contributed by atoms with Crippen LogP contribution in [0, 0.1) is 5.92 Å². The number of amidine groups is 1. The van der Waals surface area contributed by atoms with E-state index in [0.717, 1.165) is 38.8 Å². The first kappa shape index (κ1) is 17.9. The number of carbonyl (C=O) groups excluding carboxylic acids is 1.